The third-order valence-corrected chi connectivity index (χ3v) is 2.62. The Bertz CT molecular complexity index is 336. The van der Waals surface area contributed by atoms with Gasteiger partial charge in [-0.1, -0.05) is 6.07 Å². The molecule has 0 aliphatic heterocycles. The van der Waals surface area contributed by atoms with Gasteiger partial charge in [-0.15, -0.1) is 0 Å². The molecule has 0 spiro atoms. The average Bonchev–Trinajstić information content (AvgIpc) is 2.26. The molecule has 0 aliphatic rings. The molecule has 3 heteroatoms. The Morgan fingerprint density at radius 2 is 2.27 bits per heavy atom. The number of hydrogen-bond donors (Lipinski definition) is 2. The molecule has 1 atom stereocenters. The van der Waals surface area contributed by atoms with Crippen molar-refractivity contribution in [3.05, 3.63) is 23.8 Å². The van der Waals surface area contributed by atoms with Crippen molar-refractivity contribution in [2.24, 2.45) is 4.99 Å². The monoisotopic (exact) mass is 206 g/mol. The number of aromatic hydroxyl groups is 1. The van der Waals surface area contributed by atoms with Gasteiger partial charge in [-0.05, 0) is 45.7 Å². The van der Waals surface area contributed by atoms with E-state index in [0.717, 1.165) is 24.1 Å². The van der Waals surface area contributed by atoms with Crippen molar-refractivity contribution in [3.63, 3.8) is 0 Å². The van der Waals surface area contributed by atoms with E-state index < -0.39 is 0 Å². The molecule has 2 N–H and O–H groups in total. The molecule has 0 aromatic heterocycles. The van der Waals surface area contributed by atoms with Crippen LogP contribution in [-0.2, 0) is 6.42 Å². The van der Waals surface area contributed by atoms with Crippen molar-refractivity contribution >= 4 is 12.4 Å². The van der Waals surface area contributed by atoms with E-state index in [1.54, 1.807) is 12.1 Å². The zero-order valence-corrected chi connectivity index (χ0v) is 9.33. The predicted molar refractivity (Wildman–Crippen MR) is 64.2 cm³/mol. The number of nitrogens with one attached hydrogen (secondary N) is 1. The summed E-state index contributed by atoms with van der Waals surface area (Å²) in [4.78, 5) is 3.90. The van der Waals surface area contributed by atoms with Crippen molar-refractivity contribution in [1.82, 2.24) is 5.32 Å². The first kappa shape index (κ1) is 11.7. The van der Waals surface area contributed by atoms with Crippen LogP contribution >= 0.6 is 0 Å². The number of phenols is 1. The summed E-state index contributed by atoms with van der Waals surface area (Å²) in [6.45, 7) is 5.62. The first-order chi connectivity index (χ1) is 7.19. The molecule has 3 nitrogen and oxygen atoms in total. The van der Waals surface area contributed by atoms with Crippen LogP contribution < -0.4 is 5.32 Å². The molecular formula is C12H18N2O. The Hall–Kier alpha value is -1.35. The number of phenolic OH excluding ortho intramolecular Hbond substituents is 1. The Morgan fingerprint density at radius 1 is 1.53 bits per heavy atom. The maximum absolute atomic E-state index is 9.70. The zero-order valence-electron chi connectivity index (χ0n) is 9.33. The summed E-state index contributed by atoms with van der Waals surface area (Å²) >= 11 is 0. The normalized spacial score (nSPS) is 12.4. The highest BCUT2D eigenvalue weighted by atomic mass is 16.3. The predicted octanol–water partition coefficient (Wildman–Crippen LogP) is 2.26. The second kappa shape index (κ2) is 5.51. The van der Waals surface area contributed by atoms with Crippen LogP contribution in [0.1, 0.15) is 18.9 Å². The van der Waals surface area contributed by atoms with Crippen LogP contribution in [0.15, 0.2) is 23.2 Å². The third-order valence-electron chi connectivity index (χ3n) is 2.62. The SMILES string of the molecule is C=Nc1cccc(O)c1CCC(C)NC. The molecule has 0 heterocycles. The third kappa shape index (κ3) is 3.06. The fourth-order valence-corrected chi connectivity index (χ4v) is 1.47. The minimum absolute atomic E-state index is 0.309. The Morgan fingerprint density at radius 3 is 2.87 bits per heavy atom. The molecule has 0 amide bonds. The van der Waals surface area contributed by atoms with Crippen LogP contribution in [-0.4, -0.2) is 24.9 Å². The van der Waals surface area contributed by atoms with Gasteiger partial charge < -0.3 is 10.4 Å². The first-order valence-corrected chi connectivity index (χ1v) is 5.14. The van der Waals surface area contributed by atoms with Gasteiger partial charge in [0.2, 0.25) is 0 Å². The van der Waals surface area contributed by atoms with Gasteiger partial charge in [0.1, 0.15) is 5.75 Å². The molecular weight excluding hydrogens is 188 g/mol. The summed E-state index contributed by atoms with van der Waals surface area (Å²) in [6, 6.07) is 5.77. The van der Waals surface area contributed by atoms with E-state index in [9.17, 15) is 5.11 Å². The fourth-order valence-electron chi connectivity index (χ4n) is 1.47. The number of hydrogen-bond acceptors (Lipinski definition) is 3. The molecule has 1 aromatic rings. The summed E-state index contributed by atoms with van der Waals surface area (Å²) in [5.41, 5.74) is 1.66. The average molecular weight is 206 g/mol. The maximum atomic E-state index is 9.70. The molecule has 0 saturated carbocycles. The molecule has 1 unspecified atom stereocenters. The van der Waals surface area contributed by atoms with Gasteiger partial charge in [-0.2, -0.15) is 0 Å². The van der Waals surface area contributed by atoms with Crippen molar-refractivity contribution in [1.29, 1.82) is 0 Å². The largest absolute Gasteiger partial charge is 0.508 e. The van der Waals surface area contributed by atoms with Crippen LogP contribution in [0, 0.1) is 0 Å². The van der Waals surface area contributed by atoms with Crippen LogP contribution in [0.2, 0.25) is 0 Å². The highest BCUT2D eigenvalue weighted by Crippen LogP contribution is 2.28. The molecule has 0 bridgehead atoms. The van der Waals surface area contributed by atoms with Gasteiger partial charge in [0.05, 0.1) is 5.69 Å². The molecule has 0 saturated heterocycles. The molecule has 15 heavy (non-hydrogen) atoms. The van der Waals surface area contributed by atoms with Gasteiger partial charge in [0.25, 0.3) is 0 Å². The molecule has 0 fully saturated rings. The first-order valence-electron chi connectivity index (χ1n) is 5.14. The van der Waals surface area contributed by atoms with Crippen molar-refractivity contribution in [3.8, 4) is 5.75 Å². The number of nitrogens with zero attached hydrogens (tertiary/aromatic N) is 1. The lowest BCUT2D eigenvalue weighted by Crippen LogP contribution is -2.21. The zero-order chi connectivity index (χ0) is 11.3. The lowest BCUT2D eigenvalue weighted by atomic mass is 10.0. The van der Waals surface area contributed by atoms with Gasteiger partial charge >= 0.3 is 0 Å². The van der Waals surface area contributed by atoms with E-state index in [2.05, 4.69) is 24.0 Å². The Balaban J connectivity index is 2.78. The smallest absolute Gasteiger partial charge is 0.120 e. The fraction of sp³-hybridized carbons (Fsp3) is 0.417. The summed E-state index contributed by atoms with van der Waals surface area (Å²) in [5.74, 6) is 0.309. The molecule has 82 valence electrons. The van der Waals surface area contributed by atoms with Crippen molar-refractivity contribution in [2.45, 2.75) is 25.8 Å². The van der Waals surface area contributed by atoms with E-state index in [4.69, 9.17) is 0 Å². The maximum Gasteiger partial charge on any atom is 0.120 e. The highest BCUT2D eigenvalue weighted by molar-refractivity contribution is 5.56. The lowest BCUT2D eigenvalue weighted by molar-refractivity contribution is 0.464. The molecule has 1 rings (SSSR count). The number of benzene rings is 1. The van der Waals surface area contributed by atoms with Gasteiger partial charge in [0.15, 0.2) is 0 Å². The van der Waals surface area contributed by atoms with E-state index in [-0.39, 0.29) is 0 Å². The van der Waals surface area contributed by atoms with Crippen LogP contribution in [0.25, 0.3) is 0 Å². The second-order valence-electron chi connectivity index (χ2n) is 3.66. The highest BCUT2D eigenvalue weighted by Gasteiger charge is 2.08. The van der Waals surface area contributed by atoms with Gasteiger partial charge in [-0.3, -0.25) is 4.99 Å². The van der Waals surface area contributed by atoms with E-state index in [1.165, 1.54) is 0 Å². The lowest BCUT2D eigenvalue weighted by Gasteiger charge is -2.12. The number of aliphatic imine (C=N–C) groups is 1. The topological polar surface area (TPSA) is 44.6 Å². The minimum atomic E-state index is 0.309. The van der Waals surface area contributed by atoms with E-state index in [1.807, 2.05) is 13.1 Å². The van der Waals surface area contributed by atoms with E-state index >= 15 is 0 Å². The van der Waals surface area contributed by atoms with E-state index in [0.29, 0.717) is 11.8 Å². The van der Waals surface area contributed by atoms with Crippen molar-refractivity contribution in [2.75, 3.05) is 7.05 Å². The van der Waals surface area contributed by atoms with Crippen LogP contribution in [0.3, 0.4) is 0 Å². The summed E-state index contributed by atoms with van der Waals surface area (Å²) in [5, 5.41) is 12.9. The van der Waals surface area contributed by atoms with Crippen LogP contribution in [0.4, 0.5) is 5.69 Å². The Labute approximate surface area is 90.9 Å². The second-order valence-corrected chi connectivity index (χ2v) is 3.66. The molecule has 0 aliphatic carbocycles. The number of rotatable bonds is 5. The van der Waals surface area contributed by atoms with Gasteiger partial charge in [-0.25, -0.2) is 0 Å². The molecule has 0 radical (unpaired) electrons. The summed E-state index contributed by atoms with van der Waals surface area (Å²) in [7, 11) is 1.93. The Kier molecular flexibility index (Phi) is 4.31. The molecule has 1 aromatic carbocycles. The van der Waals surface area contributed by atoms with Crippen molar-refractivity contribution < 1.29 is 5.11 Å². The quantitative estimate of drug-likeness (QED) is 0.726. The van der Waals surface area contributed by atoms with Gasteiger partial charge in [0, 0.05) is 11.6 Å². The minimum Gasteiger partial charge on any atom is -0.508 e. The summed E-state index contributed by atoms with van der Waals surface area (Å²) < 4.78 is 0. The standard InChI is InChI=1S/C12H18N2O/c1-9(13-2)7-8-10-11(14-3)5-4-6-12(10)15/h4-6,9,13,15H,3,7-8H2,1-2H3. The van der Waals surface area contributed by atoms with Crippen LogP contribution in [0.5, 0.6) is 5.75 Å². The summed E-state index contributed by atoms with van der Waals surface area (Å²) in [6.07, 6.45) is 1.78.